The maximum absolute atomic E-state index is 12.2. The molecule has 6 heteroatoms. The van der Waals surface area contributed by atoms with Gasteiger partial charge in [-0.15, -0.1) is 11.3 Å². The van der Waals surface area contributed by atoms with Gasteiger partial charge in [-0.05, 0) is 43.1 Å². The predicted octanol–water partition coefficient (Wildman–Crippen LogP) is 2.89. The summed E-state index contributed by atoms with van der Waals surface area (Å²) in [5, 5.41) is 1.77. The van der Waals surface area contributed by atoms with E-state index in [2.05, 4.69) is 35.9 Å². The summed E-state index contributed by atoms with van der Waals surface area (Å²) in [6.45, 7) is 2.46. The Kier molecular flexibility index (Phi) is 5.74. The monoisotopic (exact) mass is 338 g/mol. The molecule has 4 nitrogen and oxygen atoms in total. The highest BCUT2D eigenvalue weighted by atomic mass is 32.2. The summed E-state index contributed by atoms with van der Waals surface area (Å²) >= 11 is 1.23. The van der Waals surface area contributed by atoms with Crippen LogP contribution in [0.5, 0.6) is 0 Å². The zero-order valence-electron chi connectivity index (χ0n) is 13.1. The molecule has 1 aromatic heterocycles. The highest BCUT2D eigenvalue weighted by Gasteiger charge is 2.20. The number of aryl methyl sites for hydroxylation is 1. The second-order valence-corrected chi connectivity index (χ2v) is 8.30. The number of likely N-dealkylation sites (N-methyl/N-ethyl adjacent to an activating group) is 1. The van der Waals surface area contributed by atoms with Crippen molar-refractivity contribution in [1.29, 1.82) is 0 Å². The average Bonchev–Trinajstić information content (AvgIpc) is 3.03. The first-order valence-corrected chi connectivity index (χ1v) is 9.58. The summed E-state index contributed by atoms with van der Waals surface area (Å²) in [4.78, 5) is 2.03. The van der Waals surface area contributed by atoms with Gasteiger partial charge in [0.1, 0.15) is 4.21 Å². The van der Waals surface area contributed by atoms with Gasteiger partial charge in [-0.2, -0.15) is 0 Å². The zero-order chi connectivity index (χ0) is 16.2. The van der Waals surface area contributed by atoms with E-state index in [-0.39, 0.29) is 6.04 Å². The number of benzene rings is 1. The SMILES string of the molecule is CCc1ccc(C(CNS(=O)(=O)c2cccs2)N(C)C)cc1. The molecule has 1 N–H and O–H groups in total. The summed E-state index contributed by atoms with van der Waals surface area (Å²) in [7, 11) is 0.488. The van der Waals surface area contributed by atoms with Crippen molar-refractivity contribution in [3.05, 3.63) is 52.9 Å². The molecule has 1 unspecified atom stereocenters. The second kappa shape index (κ2) is 7.37. The first-order chi connectivity index (χ1) is 10.4. The summed E-state index contributed by atoms with van der Waals surface area (Å²) in [6, 6.07) is 11.7. The van der Waals surface area contributed by atoms with Crippen LogP contribution in [0, 0.1) is 0 Å². The van der Waals surface area contributed by atoms with Crippen LogP contribution in [0.1, 0.15) is 24.1 Å². The lowest BCUT2D eigenvalue weighted by Gasteiger charge is -2.25. The van der Waals surface area contributed by atoms with Crippen LogP contribution in [0.2, 0.25) is 0 Å². The molecule has 1 heterocycles. The van der Waals surface area contributed by atoms with Crippen LogP contribution < -0.4 is 4.72 Å². The normalized spacial score (nSPS) is 13.5. The molecule has 0 fully saturated rings. The summed E-state index contributed by atoms with van der Waals surface area (Å²) in [5.41, 5.74) is 2.39. The Labute approximate surface area is 136 Å². The number of thiophene rings is 1. The first kappa shape index (κ1) is 17.1. The number of sulfonamides is 1. The topological polar surface area (TPSA) is 49.4 Å². The van der Waals surface area contributed by atoms with E-state index < -0.39 is 10.0 Å². The maximum Gasteiger partial charge on any atom is 0.250 e. The number of hydrogen-bond acceptors (Lipinski definition) is 4. The fraction of sp³-hybridized carbons (Fsp3) is 0.375. The Morgan fingerprint density at radius 2 is 1.86 bits per heavy atom. The third-order valence-corrected chi connectivity index (χ3v) is 6.44. The number of hydrogen-bond donors (Lipinski definition) is 1. The Balaban J connectivity index is 2.12. The molecule has 0 saturated carbocycles. The third kappa shape index (κ3) is 4.16. The van der Waals surface area contributed by atoms with Crippen molar-refractivity contribution in [2.45, 2.75) is 23.6 Å². The molecule has 1 aromatic carbocycles. The average molecular weight is 338 g/mol. The van der Waals surface area contributed by atoms with Crippen molar-refractivity contribution in [2.75, 3.05) is 20.6 Å². The van der Waals surface area contributed by atoms with E-state index >= 15 is 0 Å². The molecule has 0 aliphatic carbocycles. The van der Waals surface area contributed by atoms with E-state index in [1.165, 1.54) is 16.9 Å². The van der Waals surface area contributed by atoms with Crippen LogP contribution in [0.4, 0.5) is 0 Å². The standard InChI is InChI=1S/C16H22N2O2S2/c1-4-13-7-9-14(10-8-13)15(18(2)3)12-17-22(19,20)16-6-5-11-21-16/h5-11,15,17H,4,12H2,1-3H3. The van der Waals surface area contributed by atoms with E-state index in [4.69, 9.17) is 0 Å². The maximum atomic E-state index is 12.2. The molecule has 22 heavy (non-hydrogen) atoms. The van der Waals surface area contributed by atoms with E-state index in [0.717, 1.165) is 12.0 Å². The minimum atomic E-state index is -3.42. The van der Waals surface area contributed by atoms with Gasteiger partial charge in [0.2, 0.25) is 10.0 Å². The predicted molar refractivity (Wildman–Crippen MR) is 91.8 cm³/mol. The summed E-state index contributed by atoms with van der Waals surface area (Å²) in [6.07, 6.45) is 0.998. The molecule has 120 valence electrons. The lowest BCUT2D eigenvalue weighted by atomic mass is 10.0. The molecular formula is C16H22N2O2S2. The molecule has 1 atom stereocenters. The molecular weight excluding hydrogens is 316 g/mol. The lowest BCUT2D eigenvalue weighted by molar-refractivity contribution is 0.299. The van der Waals surface area contributed by atoms with Crippen LogP contribution in [0.25, 0.3) is 0 Å². The van der Waals surface area contributed by atoms with Crippen molar-refractivity contribution in [1.82, 2.24) is 9.62 Å². The molecule has 0 radical (unpaired) electrons. The van der Waals surface area contributed by atoms with Crippen molar-refractivity contribution in [3.8, 4) is 0 Å². The van der Waals surface area contributed by atoms with Crippen LogP contribution in [-0.2, 0) is 16.4 Å². The van der Waals surface area contributed by atoms with Crippen molar-refractivity contribution in [3.63, 3.8) is 0 Å². The molecule has 0 aliphatic rings. The molecule has 0 saturated heterocycles. The smallest absolute Gasteiger partial charge is 0.250 e. The van der Waals surface area contributed by atoms with Crippen LogP contribution >= 0.6 is 11.3 Å². The molecule has 0 bridgehead atoms. The molecule has 0 aliphatic heterocycles. The minimum Gasteiger partial charge on any atom is -0.301 e. The fourth-order valence-electron chi connectivity index (χ4n) is 2.25. The molecule has 0 amide bonds. The number of rotatable bonds is 7. The number of nitrogens with one attached hydrogen (secondary N) is 1. The van der Waals surface area contributed by atoms with Gasteiger partial charge in [-0.25, -0.2) is 13.1 Å². The number of nitrogens with zero attached hydrogens (tertiary/aromatic N) is 1. The van der Waals surface area contributed by atoms with Gasteiger partial charge >= 0.3 is 0 Å². The van der Waals surface area contributed by atoms with E-state index in [1.54, 1.807) is 17.5 Å². The van der Waals surface area contributed by atoms with Gasteiger partial charge < -0.3 is 4.90 Å². The highest BCUT2D eigenvalue weighted by molar-refractivity contribution is 7.91. The third-order valence-electron chi connectivity index (χ3n) is 3.62. The van der Waals surface area contributed by atoms with Gasteiger partial charge in [0, 0.05) is 12.6 Å². The van der Waals surface area contributed by atoms with Gasteiger partial charge in [0.15, 0.2) is 0 Å². The van der Waals surface area contributed by atoms with Crippen molar-refractivity contribution >= 4 is 21.4 Å². The van der Waals surface area contributed by atoms with Crippen LogP contribution in [0.3, 0.4) is 0 Å². The zero-order valence-corrected chi connectivity index (χ0v) is 14.7. The van der Waals surface area contributed by atoms with E-state index in [9.17, 15) is 8.42 Å². The van der Waals surface area contributed by atoms with Gasteiger partial charge in [-0.1, -0.05) is 37.3 Å². The molecule has 2 aromatic rings. The Morgan fingerprint density at radius 1 is 1.18 bits per heavy atom. The second-order valence-electron chi connectivity index (χ2n) is 5.36. The Morgan fingerprint density at radius 3 is 2.36 bits per heavy atom. The van der Waals surface area contributed by atoms with Crippen LogP contribution in [-0.4, -0.2) is 34.0 Å². The Bertz CT molecular complexity index is 677. The van der Waals surface area contributed by atoms with E-state index in [1.807, 2.05) is 19.0 Å². The first-order valence-electron chi connectivity index (χ1n) is 7.22. The fourth-order valence-corrected chi connectivity index (χ4v) is 4.33. The quantitative estimate of drug-likeness (QED) is 0.844. The summed E-state index contributed by atoms with van der Waals surface area (Å²) in [5.74, 6) is 0. The van der Waals surface area contributed by atoms with Gasteiger partial charge in [-0.3, -0.25) is 0 Å². The van der Waals surface area contributed by atoms with Gasteiger partial charge in [0.25, 0.3) is 0 Å². The highest BCUT2D eigenvalue weighted by Crippen LogP contribution is 2.20. The van der Waals surface area contributed by atoms with Gasteiger partial charge in [0.05, 0.1) is 0 Å². The van der Waals surface area contributed by atoms with Crippen molar-refractivity contribution in [2.24, 2.45) is 0 Å². The molecule has 0 spiro atoms. The lowest BCUT2D eigenvalue weighted by Crippen LogP contribution is -2.34. The largest absolute Gasteiger partial charge is 0.301 e. The van der Waals surface area contributed by atoms with Crippen LogP contribution in [0.15, 0.2) is 46.0 Å². The minimum absolute atomic E-state index is 0.000596. The Hall–Kier alpha value is -1.21. The summed E-state index contributed by atoms with van der Waals surface area (Å²) < 4.78 is 27.5. The molecule has 2 rings (SSSR count). The van der Waals surface area contributed by atoms with Crippen molar-refractivity contribution < 1.29 is 8.42 Å². The van der Waals surface area contributed by atoms with E-state index in [0.29, 0.717) is 10.8 Å².